The number of aromatic amines is 1. The zero-order chi connectivity index (χ0) is 31.0. The summed E-state index contributed by atoms with van der Waals surface area (Å²) in [5.41, 5.74) is 2.27. The lowest BCUT2D eigenvalue weighted by Gasteiger charge is -2.30. The summed E-state index contributed by atoms with van der Waals surface area (Å²) in [7, 11) is 0. The van der Waals surface area contributed by atoms with Crippen molar-refractivity contribution in [3.05, 3.63) is 69.8 Å². The van der Waals surface area contributed by atoms with E-state index in [1.807, 2.05) is 26.0 Å². The van der Waals surface area contributed by atoms with E-state index in [9.17, 15) is 14.9 Å². The van der Waals surface area contributed by atoms with Gasteiger partial charge in [0.2, 0.25) is 5.95 Å². The van der Waals surface area contributed by atoms with E-state index in [0.29, 0.717) is 28.0 Å². The van der Waals surface area contributed by atoms with Crippen molar-refractivity contribution in [3.8, 4) is 6.07 Å². The fourth-order valence-corrected chi connectivity index (χ4v) is 5.01. The maximum Gasteiger partial charge on any atom is 0.421 e. The van der Waals surface area contributed by atoms with Gasteiger partial charge in [0.05, 0.1) is 28.5 Å². The van der Waals surface area contributed by atoms with Gasteiger partial charge in [0.25, 0.3) is 0 Å². The molecule has 0 radical (unpaired) electrons. The van der Waals surface area contributed by atoms with Crippen LogP contribution >= 0.6 is 15.9 Å². The Morgan fingerprint density at radius 2 is 1.43 bits per heavy atom. The molecule has 0 atom stereocenters. The number of nitrogens with one attached hydrogen (secondary N) is 1. The summed E-state index contributed by atoms with van der Waals surface area (Å²) in [4.78, 5) is 42.8. The van der Waals surface area contributed by atoms with E-state index in [2.05, 4.69) is 32.0 Å². The molecule has 0 bridgehead atoms. The lowest BCUT2D eigenvalue weighted by atomic mass is 10.1. The highest BCUT2D eigenvalue weighted by Gasteiger charge is 2.33. The molecule has 2 amide bonds. The first-order valence-electron chi connectivity index (χ1n) is 13.3. The number of H-pyrrole nitrogens is 1. The van der Waals surface area contributed by atoms with Crippen LogP contribution in [0.1, 0.15) is 58.2 Å². The van der Waals surface area contributed by atoms with Crippen LogP contribution in [0.15, 0.2) is 53.1 Å². The number of carbonyl (C=O) groups excluding carboxylic acids is 2. The lowest BCUT2D eigenvalue weighted by Crippen LogP contribution is -2.37. The Hall–Kier alpha value is -4.43. The van der Waals surface area contributed by atoms with Crippen LogP contribution in [0.5, 0.6) is 0 Å². The van der Waals surface area contributed by atoms with Crippen molar-refractivity contribution in [1.82, 2.24) is 15.0 Å². The molecular weight excluding hydrogens is 600 g/mol. The zero-order valence-electron chi connectivity index (χ0n) is 24.9. The second-order valence-electron chi connectivity index (χ2n) is 11.8. The predicted octanol–water partition coefficient (Wildman–Crippen LogP) is 8.36. The maximum absolute atomic E-state index is 13.9. The number of nitriles is 1. The van der Waals surface area contributed by atoms with Crippen molar-refractivity contribution in [2.45, 2.75) is 66.6 Å². The second kappa shape index (κ2) is 11.4. The van der Waals surface area contributed by atoms with E-state index < -0.39 is 23.4 Å². The normalized spacial score (nSPS) is 11.6. The van der Waals surface area contributed by atoms with Crippen LogP contribution in [0.4, 0.5) is 32.7 Å². The fraction of sp³-hybridized carbons (Fsp3) is 0.323. The van der Waals surface area contributed by atoms with Crippen LogP contribution in [-0.4, -0.2) is 38.3 Å². The van der Waals surface area contributed by atoms with Gasteiger partial charge in [0.15, 0.2) is 5.82 Å². The Morgan fingerprint density at radius 1 is 0.881 bits per heavy atom. The first-order chi connectivity index (χ1) is 19.6. The van der Waals surface area contributed by atoms with Gasteiger partial charge in [-0.25, -0.2) is 24.4 Å². The number of nitrogens with zero attached hydrogens (tertiary/aromatic N) is 5. The molecule has 0 saturated heterocycles. The number of benzene rings is 2. The Balaban J connectivity index is 2.01. The maximum atomic E-state index is 13.9. The second-order valence-corrected chi connectivity index (χ2v) is 12.7. The Labute approximate surface area is 253 Å². The van der Waals surface area contributed by atoms with Crippen molar-refractivity contribution in [1.29, 1.82) is 5.26 Å². The molecule has 0 spiro atoms. The zero-order valence-corrected chi connectivity index (χ0v) is 26.5. The molecule has 0 fully saturated rings. The third-order valence-electron chi connectivity index (χ3n) is 5.87. The minimum absolute atomic E-state index is 0.0305. The summed E-state index contributed by atoms with van der Waals surface area (Å²) in [6, 6.07) is 14.0. The minimum Gasteiger partial charge on any atom is -0.443 e. The number of amides is 2. The number of ether oxygens (including phenoxy) is 2. The third-order valence-corrected chi connectivity index (χ3v) is 6.33. The molecule has 10 nitrogen and oxygen atoms in total. The van der Waals surface area contributed by atoms with Crippen molar-refractivity contribution >= 4 is 62.3 Å². The molecule has 11 heteroatoms. The molecule has 0 saturated carbocycles. The monoisotopic (exact) mass is 632 g/mol. The highest BCUT2D eigenvalue weighted by Crippen LogP contribution is 2.38. The smallest absolute Gasteiger partial charge is 0.421 e. The Bertz CT molecular complexity index is 1670. The van der Waals surface area contributed by atoms with E-state index in [1.54, 1.807) is 78.1 Å². The molecule has 0 unspecified atom stereocenters. The standard InChI is InChI=1S/C31H33BrN6O4/c1-18-15-21(32)16-19(2)25(18)38(29(40)42-31(6,7)8)26-24-23(13-14-34-24)35-27(36-26)37(28(39)41-30(3,4)5)22-11-9-20(17-33)10-12-22/h9-16,34H,1-8H3. The first-order valence-corrected chi connectivity index (χ1v) is 14.1. The third kappa shape index (κ3) is 6.71. The van der Waals surface area contributed by atoms with Crippen LogP contribution in [-0.2, 0) is 9.47 Å². The number of halogens is 1. The molecular formula is C31H33BrN6O4. The summed E-state index contributed by atoms with van der Waals surface area (Å²) in [5.74, 6) is 0.155. The van der Waals surface area contributed by atoms with Crippen molar-refractivity contribution in [2.75, 3.05) is 9.80 Å². The fourth-order valence-electron chi connectivity index (χ4n) is 4.32. The molecule has 1 N–H and O–H groups in total. The average Bonchev–Trinajstić information content (AvgIpc) is 3.33. The summed E-state index contributed by atoms with van der Waals surface area (Å²) >= 11 is 3.53. The number of aryl methyl sites for hydroxylation is 2. The number of hydrogen-bond donors (Lipinski definition) is 1. The van der Waals surface area contributed by atoms with Gasteiger partial charge in [-0.15, -0.1) is 0 Å². The topological polar surface area (TPSA) is 124 Å². The van der Waals surface area contributed by atoms with Crippen LogP contribution in [0.3, 0.4) is 0 Å². The quantitative estimate of drug-likeness (QED) is 0.239. The Kier molecular flexibility index (Phi) is 8.32. The first kappa shape index (κ1) is 30.5. The molecule has 0 aliphatic rings. The molecule has 0 aliphatic heterocycles. The predicted molar refractivity (Wildman–Crippen MR) is 165 cm³/mol. The van der Waals surface area contributed by atoms with E-state index in [1.165, 1.54) is 9.80 Å². The molecule has 2 aromatic heterocycles. The van der Waals surface area contributed by atoms with Gasteiger partial charge in [0.1, 0.15) is 16.7 Å². The van der Waals surface area contributed by atoms with Crippen molar-refractivity contribution in [3.63, 3.8) is 0 Å². The van der Waals surface area contributed by atoms with Gasteiger partial charge in [0, 0.05) is 10.7 Å². The minimum atomic E-state index is -0.822. The molecule has 2 heterocycles. The van der Waals surface area contributed by atoms with Gasteiger partial charge >= 0.3 is 12.2 Å². The van der Waals surface area contributed by atoms with Crippen LogP contribution in [0, 0.1) is 25.2 Å². The number of aromatic nitrogens is 3. The number of fused-ring (bicyclic) bond motifs is 1. The Morgan fingerprint density at radius 3 is 1.95 bits per heavy atom. The number of carbonyl (C=O) groups is 2. The highest BCUT2D eigenvalue weighted by atomic mass is 79.9. The van der Waals surface area contributed by atoms with Gasteiger partial charge in [-0.05, 0) is 109 Å². The van der Waals surface area contributed by atoms with E-state index in [-0.39, 0.29) is 11.8 Å². The largest absolute Gasteiger partial charge is 0.443 e. The molecule has 4 aromatic rings. The SMILES string of the molecule is Cc1cc(Br)cc(C)c1N(C(=O)OC(C)(C)C)c1nc(N(C(=O)OC(C)(C)C)c2ccc(C#N)cc2)nc2cc[nH]c12. The van der Waals surface area contributed by atoms with Crippen LogP contribution < -0.4 is 9.80 Å². The average molecular weight is 634 g/mol. The van der Waals surface area contributed by atoms with Crippen molar-refractivity contribution < 1.29 is 19.1 Å². The lowest BCUT2D eigenvalue weighted by molar-refractivity contribution is 0.0589. The van der Waals surface area contributed by atoms with E-state index in [4.69, 9.17) is 14.5 Å². The number of rotatable bonds is 4. The number of hydrogen-bond acceptors (Lipinski definition) is 7. The van der Waals surface area contributed by atoms with Gasteiger partial charge in [-0.2, -0.15) is 10.2 Å². The molecule has 0 aliphatic carbocycles. The summed E-state index contributed by atoms with van der Waals surface area (Å²) in [6.07, 6.45) is 0.299. The molecule has 42 heavy (non-hydrogen) atoms. The summed E-state index contributed by atoms with van der Waals surface area (Å²) < 4.78 is 12.5. The van der Waals surface area contributed by atoms with Crippen molar-refractivity contribution in [2.24, 2.45) is 0 Å². The van der Waals surface area contributed by atoms with Gasteiger partial charge < -0.3 is 14.5 Å². The molecule has 218 valence electrons. The van der Waals surface area contributed by atoms with Gasteiger partial charge in [-0.1, -0.05) is 15.9 Å². The van der Waals surface area contributed by atoms with E-state index in [0.717, 1.165) is 15.6 Å². The highest BCUT2D eigenvalue weighted by molar-refractivity contribution is 9.10. The summed E-state index contributed by atoms with van der Waals surface area (Å²) in [6.45, 7) is 14.4. The molecule has 4 rings (SSSR count). The van der Waals surface area contributed by atoms with Gasteiger partial charge in [-0.3, -0.25) is 0 Å². The summed E-state index contributed by atoms with van der Waals surface area (Å²) in [5, 5.41) is 9.31. The van der Waals surface area contributed by atoms with Crippen LogP contribution in [0.2, 0.25) is 0 Å². The number of anilines is 4. The van der Waals surface area contributed by atoms with Crippen LogP contribution in [0.25, 0.3) is 11.0 Å². The van der Waals surface area contributed by atoms with E-state index >= 15 is 0 Å². The molecule has 2 aromatic carbocycles.